The number of aliphatic hydroxyl groups is 1. The molecule has 1 aliphatic rings. The van der Waals surface area contributed by atoms with Crippen LogP contribution in [0.2, 0.25) is 0 Å². The van der Waals surface area contributed by atoms with Gasteiger partial charge >= 0.3 is 0 Å². The minimum atomic E-state index is -0.515. The van der Waals surface area contributed by atoms with Gasteiger partial charge in [-0.15, -0.1) is 0 Å². The fourth-order valence-electron chi connectivity index (χ4n) is 2.32. The summed E-state index contributed by atoms with van der Waals surface area (Å²) in [6.45, 7) is 2.21. The van der Waals surface area contributed by atoms with Gasteiger partial charge in [0.25, 0.3) is 0 Å². The molecule has 2 rings (SSSR count). The van der Waals surface area contributed by atoms with Crippen molar-refractivity contribution in [3.05, 3.63) is 29.8 Å². The van der Waals surface area contributed by atoms with Crippen molar-refractivity contribution in [2.75, 3.05) is 26.8 Å². The van der Waals surface area contributed by atoms with E-state index in [9.17, 15) is 5.11 Å². The Hall–Kier alpha value is -1.10. The first kappa shape index (κ1) is 14.3. The zero-order valence-corrected chi connectivity index (χ0v) is 11.5. The maximum Gasteiger partial charge on any atom is 0.119 e. The van der Waals surface area contributed by atoms with Crippen LogP contribution >= 0.6 is 0 Å². The molecule has 106 valence electrons. The normalized spacial score (nSPS) is 21.1. The molecular weight excluding hydrogens is 242 g/mol. The Labute approximate surface area is 114 Å². The van der Waals surface area contributed by atoms with Gasteiger partial charge in [-0.2, -0.15) is 0 Å². The molecule has 19 heavy (non-hydrogen) atoms. The van der Waals surface area contributed by atoms with Crippen LogP contribution in [0.15, 0.2) is 24.3 Å². The number of benzene rings is 1. The smallest absolute Gasteiger partial charge is 0.119 e. The fourth-order valence-corrected chi connectivity index (χ4v) is 2.32. The molecule has 2 N–H and O–H groups in total. The van der Waals surface area contributed by atoms with Gasteiger partial charge in [0.05, 0.1) is 19.3 Å². The second-order valence-corrected chi connectivity index (χ2v) is 4.94. The highest BCUT2D eigenvalue weighted by atomic mass is 16.5. The Morgan fingerprint density at radius 2 is 2.37 bits per heavy atom. The highest BCUT2D eigenvalue weighted by Gasteiger charge is 2.14. The fraction of sp³-hybridized carbons (Fsp3) is 0.600. The lowest BCUT2D eigenvalue weighted by molar-refractivity contribution is 0.0152. The first-order valence-corrected chi connectivity index (χ1v) is 6.94. The van der Waals surface area contributed by atoms with Crippen LogP contribution < -0.4 is 10.1 Å². The number of ether oxygens (including phenoxy) is 2. The third-order valence-electron chi connectivity index (χ3n) is 3.46. The van der Waals surface area contributed by atoms with Crippen molar-refractivity contribution in [2.24, 2.45) is 0 Å². The Kier molecular flexibility index (Phi) is 5.63. The zero-order chi connectivity index (χ0) is 13.5. The summed E-state index contributed by atoms with van der Waals surface area (Å²) in [6.07, 6.45) is 3.31. The van der Waals surface area contributed by atoms with Gasteiger partial charge in [0.1, 0.15) is 5.75 Å². The molecule has 0 aromatic heterocycles. The molecule has 1 aromatic carbocycles. The molecule has 1 aliphatic heterocycles. The maximum atomic E-state index is 10.1. The Morgan fingerprint density at radius 3 is 3.11 bits per heavy atom. The largest absolute Gasteiger partial charge is 0.497 e. The minimum absolute atomic E-state index is 0.297. The predicted octanol–water partition coefficient (Wildman–Crippen LogP) is 1.89. The summed E-state index contributed by atoms with van der Waals surface area (Å²) in [5.74, 6) is 0.771. The third kappa shape index (κ3) is 4.49. The molecule has 0 spiro atoms. The molecule has 0 radical (unpaired) electrons. The van der Waals surface area contributed by atoms with Crippen molar-refractivity contribution in [3.63, 3.8) is 0 Å². The molecule has 0 bridgehead atoms. The zero-order valence-electron chi connectivity index (χ0n) is 11.5. The van der Waals surface area contributed by atoms with Crippen molar-refractivity contribution in [2.45, 2.75) is 31.5 Å². The molecule has 0 aliphatic carbocycles. The summed E-state index contributed by atoms with van der Waals surface area (Å²) < 4.78 is 10.8. The summed E-state index contributed by atoms with van der Waals surface area (Å²) >= 11 is 0. The van der Waals surface area contributed by atoms with Crippen LogP contribution in [0.3, 0.4) is 0 Å². The lowest BCUT2D eigenvalue weighted by Crippen LogP contribution is -2.34. The van der Waals surface area contributed by atoms with Crippen LogP contribution in [-0.4, -0.2) is 38.0 Å². The third-order valence-corrected chi connectivity index (χ3v) is 3.46. The highest BCUT2D eigenvalue weighted by Crippen LogP contribution is 2.18. The van der Waals surface area contributed by atoms with E-state index in [4.69, 9.17) is 9.47 Å². The van der Waals surface area contributed by atoms with Crippen molar-refractivity contribution < 1.29 is 14.6 Å². The minimum Gasteiger partial charge on any atom is -0.497 e. The predicted molar refractivity (Wildman–Crippen MR) is 74.4 cm³/mol. The van der Waals surface area contributed by atoms with Gasteiger partial charge in [0.2, 0.25) is 0 Å². The van der Waals surface area contributed by atoms with Gasteiger partial charge in [0, 0.05) is 19.7 Å². The average Bonchev–Trinajstić information content (AvgIpc) is 2.48. The Bertz CT molecular complexity index is 377. The SMILES string of the molecule is COc1cccc(C(O)CNCC2CCCCO2)c1. The van der Waals surface area contributed by atoms with Crippen LogP contribution in [0.1, 0.15) is 30.9 Å². The number of aliphatic hydroxyl groups excluding tert-OH is 1. The molecule has 1 heterocycles. The highest BCUT2D eigenvalue weighted by molar-refractivity contribution is 5.29. The van der Waals surface area contributed by atoms with Gasteiger partial charge in [-0.3, -0.25) is 0 Å². The Morgan fingerprint density at radius 1 is 1.47 bits per heavy atom. The Balaban J connectivity index is 1.75. The van der Waals surface area contributed by atoms with Gasteiger partial charge in [-0.1, -0.05) is 12.1 Å². The molecule has 0 saturated carbocycles. The summed E-state index contributed by atoms with van der Waals surface area (Å²) in [7, 11) is 1.63. The number of rotatable bonds is 6. The number of methoxy groups -OCH3 is 1. The topological polar surface area (TPSA) is 50.7 Å². The van der Waals surface area contributed by atoms with E-state index in [0.29, 0.717) is 12.6 Å². The molecule has 4 heteroatoms. The van der Waals surface area contributed by atoms with Gasteiger partial charge in [-0.25, -0.2) is 0 Å². The van der Waals surface area contributed by atoms with Crippen molar-refractivity contribution in [1.82, 2.24) is 5.32 Å². The average molecular weight is 265 g/mol. The van der Waals surface area contributed by atoms with E-state index in [0.717, 1.165) is 30.9 Å². The van der Waals surface area contributed by atoms with E-state index >= 15 is 0 Å². The lowest BCUT2D eigenvalue weighted by atomic mass is 10.1. The van der Waals surface area contributed by atoms with E-state index in [1.807, 2.05) is 24.3 Å². The molecule has 4 nitrogen and oxygen atoms in total. The van der Waals surface area contributed by atoms with E-state index in [1.165, 1.54) is 12.8 Å². The van der Waals surface area contributed by atoms with E-state index in [1.54, 1.807) is 7.11 Å². The second-order valence-electron chi connectivity index (χ2n) is 4.94. The van der Waals surface area contributed by atoms with Crippen molar-refractivity contribution in [1.29, 1.82) is 0 Å². The lowest BCUT2D eigenvalue weighted by Gasteiger charge is -2.23. The van der Waals surface area contributed by atoms with Gasteiger partial charge < -0.3 is 19.9 Å². The molecular formula is C15H23NO3. The number of hydrogen-bond acceptors (Lipinski definition) is 4. The number of nitrogens with one attached hydrogen (secondary N) is 1. The summed E-state index contributed by atoms with van der Waals surface area (Å²) in [5.41, 5.74) is 0.872. The molecule has 2 atom stereocenters. The van der Waals surface area contributed by atoms with Crippen LogP contribution in [-0.2, 0) is 4.74 Å². The van der Waals surface area contributed by atoms with E-state index < -0.39 is 6.10 Å². The quantitative estimate of drug-likeness (QED) is 0.824. The van der Waals surface area contributed by atoms with E-state index in [2.05, 4.69) is 5.32 Å². The van der Waals surface area contributed by atoms with Crippen molar-refractivity contribution >= 4 is 0 Å². The first-order chi connectivity index (χ1) is 9.29. The summed E-state index contributed by atoms with van der Waals surface area (Å²) in [6, 6.07) is 7.54. The first-order valence-electron chi connectivity index (χ1n) is 6.94. The standard InChI is InChI=1S/C15H23NO3/c1-18-13-7-4-5-12(9-13)15(17)11-16-10-14-6-2-3-8-19-14/h4-5,7,9,14-17H,2-3,6,8,10-11H2,1H3. The van der Waals surface area contributed by atoms with Gasteiger partial charge in [0.15, 0.2) is 0 Å². The molecule has 2 unspecified atom stereocenters. The molecule has 1 aromatic rings. The molecule has 1 fully saturated rings. The van der Waals surface area contributed by atoms with Crippen LogP contribution in [0.25, 0.3) is 0 Å². The maximum absolute atomic E-state index is 10.1. The van der Waals surface area contributed by atoms with Gasteiger partial charge in [-0.05, 0) is 37.0 Å². The molecule has 0 amide bonds. The number of hydrogen-bond donors (Lipinski definition) is 2. The summed E-state index contributed by atoms with van der Waals surface area (Å²) in [5, 5.41) is 13.4. The van der Waals surface area contributed by atoms with Crippen LogP contribution in [0.5, 0.6) is 5.75 Å². The van der Waals surface area contributed by atoms with Crippen molar-refractivity contribution in [3.8, 4) is 5.75 Å². The molecule has 1 saturated heterocycles. The second kappa shape index (κ2) is 7.48. The monoisotopic (exact) mass is 265 g/mol. The van der Waals surface area contributed by atoms with Crippen LogP contribution in [0.4, 0.5) is 0 Å². The van der Waals surface area contributed by atoms with Crippen LogP contribution in [0, 0.1) is 0 Å². The summed E-state index contributed by atoms with van der Waals surface area (Å²) in [4.78, 5) is 0. The van der Waals surface area contributed by atoms with E-state index in [-0.39, 0.29) is 0 Å².